The number of hydrogen-bond acceptors (Lipinski definition) is 5. The lowest BCUT2D eigenvalue weighted by Gasteiger charge is -2.34. The number of benzene rings is 2. The van der Waals surface area contributed by atoms with E-state index in [-0.39, 0.29) is 23.6 Å². The summed E-state index contributed by atoms with van der Waals surface area (Å²) in [5, 5.41) is 9.41. The molecule has 4 atom stereocenters. The molecule has 0 aromatic heterocycles. The van der Waals surface area contributed by atoms with Gasteiger partial charge in [-0.1, -0.05) is 82.1 Å². The number of nitrogens with zero attached hydrogens (tertiary/aromatic N) is 1. The van der Waals surface area contributed by atoms with E-state index in [4.69, 9.17) is 4.74 Å². The average molecular weight is 551 g/mol. The fourth-order valence-electron chi connectivity index (χ4n) is 5.08. The summed E-state index contributed by atoms with van der Waals surface area (Å²) in [5.74, 6) is 0.210. The molecule has 0 aliphatic carbocycles. The van der Waals surface area contributed by atoms with Crippen molar-refractivity contribution in [3.8, 4) is 5.75 Å². The first kappa shape index (κ1) is 31.1. The number of hydrogen-bond donors (Lipinski definition) is 3. The minimum absolute atomic E-state index is 0.0646. The van der Waals surface area contributed by atoms with E-state index in [0.717, 1.165) is 42.6 Å². The summed E-state index contributed by atoms with van der Waals surface area (Å²) in [7, 11) is 1.69. The molecule has 0 saturated carbocycles. The number of aryl methyl sites for hydroxylation is 1. The first-order valence-electron chi connectivity index (χ1n) is 14.7. The summed E-state index contributed by atoms with van der Waals surface area (Å²) in [5.41, 5.74) is 2.03. The quantitative estimate of drug-likeness (QED) is 0.512. The smallest absolute Gasteiger partial charge is 0.243 e. The van der Waals surface area contributed by atoms with Crippen LogP contribution in [-0.2, 0) is 27.2 Å². The van der Waals surface area contributed by atoms with Crippen molar-refractivity contribution in [1.29, 1.82) is 0 Å². The molecular formula is C32H46N4O4. The van der Waals surface area contributed by atoms with Crippen LogP contribution in [0.4, 0.5) is 0 Å². The van der Waals surface area contributed by atoms with E-state index >= 15 is 0 Å². The van der Waals surface area contributed by atoms with Gasteiger partial charge in [0, 0.05) is 26.6 Å². The molecule has 0 unspecified atom stereocenters. The predicted molar refractivity (Wildman–Crippen MR) is 158 cm³/mol. The summed E-state index contributed by atoms with van der Waals surface area (Å²) in [6, 6.07) is 15.7. The molecule has 3 N–H and O–H groups in total. The van der Waals surface area contributed by atoms with Crippen LogP contribution in [0.25, 0.3) is 0 Å². The van der Waals surface area contributed by atoms with Crippen LogP contribution in [0.1, 0.15) is 57.6 Å². The molecule has 3 amide bonds. The van der Waals surface area contributed by atoms with Gasteiger partial charge in [0.1, 0.15) is 24.4 Å². The van der Waals surface area contributed by atoms with Gasteiger partial charge in [0.15, 0.2) is 0 Å². The number of likely N-dealkylation sites (N-methyl/N-ethyl adjacent to an activating group) is 1. The zero-order valence-electron chi connectivity index (χ0n) is 24.4. The number of carbonyl (C=O) groups excluding carboxylic acids is 3. The number of carbonyl (C=O) groups is 3. The van der Waals surface area contributed by atoms with E-state index in [0.29, 0.717) is 32.5 Å². The number of para-hydroxylation sites is 1. The summed E-state index contributed by atoms with van der Waals surface area (Å²) >= 11 is 0. The van der Waals surface area contributed by atoms with Crippen LogP contribution in [0, 0.1) is 5.92 Å². The van der Waals surface area contributed by atoms with E-state index in [9.17, 15) is 14.4 Å². The van der Waals surface area contributed by atoms with Crippen LogP contribution in [0.3, 0.4) is 0 Å². The Hall–Kier alpha value is -3.39. The second-order valence-corrected chi connectivity index (χ2v) is 10.7. The Morgan fingerprint density at radius 1 is 0.975 bits per heavy atom. The Morgan fingerprint density at radius 3 is 2.42 bits per heavy atom. The molecule has 40 heavy (non-hydrogen) atoms. The highest BCUT2D eigenvalue weighted by atomic mass is 16.5. The van der Waals surface area contributed by atoms with Crippen LogP contribution in [-0.4, -0.2) is 67.5 Å². The van der Waals surface area contributed by atoms with E-state index < -0.39 is 18.1 Å². The average Bonchev–Trinajstić information content (AvgIpc) is 2.97. The number of nitrogens with one attached hydrogen (secondary N) is 3. The van der Waals surface area contributed by atoms with Gasteiger partial charge in [-0.3, -0.25) is 14.4 Å². The Bertz CT molecular complexity index is 1090. The molecule has 8 heteroatoms. The molecule has 8 nitrogen and oxygen atoms in total. The fourth-order valence-corrected chi connectivity index (χ4v) is 5.08. The molecular weight excluding hydrogens is 504 g/mol. The molecule has 0 radical (unpaired) electrons. The van der Waals surface area contributed by atoms with Crippen LogP contribution in [0.2, 0.25) is 0 Å². The van der Waals surface area contributed by atoms with Gasteiger partial charge in [-0.25, -0.2) is 0 Å². The van der Waals surface area contributed by atoms with Gasteiger partial charge in [0.25, 0.3) is 0 Å². The predicted octanol–water partition coefficient (Wildman–Crippen LogP) is 3.49. The van der Waals surface area contributed by atoms with Gasteiger partial charge < -0.3 is 25.6 Å². The zero-order chi connectivity index (χ0) is 28.9. The van der Waals surface area contributed by atoms with Gasteiger partial charge in [-0.2, -0.15) is 0 Å². The van der Waals surface area contributed by atoms with Crippen molar-refractivity contribution in [2.75, 3.05) is 26.7 Å². The van der Waals surface area contributed by atoms with E-state index in [1.54, 1.807) is 11.9 Å². The van der Waals surface area contributed by atoms with E-state index in [1.807, 2.05) is 68.4 Å². The highest BCUT2D eigenvalue weighted by Crippen LogP contribution is 2.20. The first-order valence-corrected chi connectivity index (χ1v) is 14.7. The van der Waals surface area contributed by atoms with Gasteiger partial charge in [0.05, 0.1) is 6.04 Å². The second-order valence-electron chi connectivity index (χ2n) is 10.7. The highest BCUT2D eigenvalue weighted by Gasteiger charge is 2.34. The zero-order valence-corrected chi connectivity index (χ0v) is 24.4. The third-order valence-corrected chi connectivity index (χ3v) is 7.69. The Labute approximate surface area is 239 Å². The second kappa shape index (κ2) is 16.0. The van der Waals surface area contributed by atoms with Crippen molar-refractivity contribution >= 4 is 17.7 Å². The lowest BCUT2D eigenvalue weighted by atomic mass is 9.96. The van der Waals surface area contributed by atoms with Gasteiger partial charge in [0.2, 0.25) is 17.7 Å². The van der Waals surface area contributed by atoms with Crippen molar-refractivity contribution in [2.24, 2.45) is 5.92 Å². The molecule has 3 rings (SSSR count). The number of rotatable bonds is 6. The maximum absolute atomic E-state index is 13.8. The summed E-state index contributed by atoms with van der Waals surface area (Å²) in [6.07, 6.45) is 3.88. The molecule has 1 aliphatic heterocycles. The van der Waals surface area contributed by atoms with E-state index in [1.165, 1.54) is 0 Å². The summed E-state index contributed by atoms with van der Waals surface area (Å²) in [4.78, 5) is 42.3. The summed E-state index contributed by atoms with van der Waals surface area (Å²) < 4.78 is 6.10. The molecule has 0 fully saturated rings. The van der Waals surface area contributed by atoms with Crippen molar-refractivity contribution in [3.63, 3.8) is 0 Å². The topological polar surface area (TPSA) is 99.8 Å². The molecule has 1 heterocycles. The van der Waals surface area contributed by atoms with Crippen molar-refractivity contribution in [3.05, 3.63) is 65.7 Å². The van der Waals surface area contributed by atoms with Crippen LogP contribution < -0.4 is 20.7 Å². The van der Waals surface area contributed by atoms with Crippen molar-refractivity contribution < 1.29 is 19.1 Å². The maximum atomic E-state index is 13.8. The maximum Gasteiger partial charge on any atom is 0.243 e. The molecule has 218 valence electrons. The van der Waals surface area contributed by atoms with Gasteiger partial charge in [-0.05, 0) is 42.4 Å². The molecule has 0 bridgehead atoms. The largest absolute Gasteiger partial charge is 0.492 e. The molecule has 1 aliphatic rings. The monoisotopic (exact) mass is 550 g/mol. The third-order valence-electron chi connectivity index (χ3n) is 7.69. The van der Waals surface area contributed by atoms with Crippen LogP contribution in [0.15, 0.2) is 54.6 Å². The summed E-state index contributed by atoms with van der Waals surface area (Å²) in [6.45, 7) is 7.48. The SMILES string of the molecule is CCC[C@H]1C(=O)N[C@H](Cc2ccccc2)C(=O)NCCCc2ccccc2OCCN[C@@H]([C@@H](C)CC)C(=O)N1C. The lowest BCUT2D eigenvalue weighted by Crippen LogP contribution is -2.58. The van der Waals surface area contributed by atoms with Crippen molar-refractivity contribution in [1.82, 2.24) is 20.9 Å². The Morgan fingerprint density at radius 2 is 1.70 bits per heavy atom. The van der Waals surface area contributed by atoms with Crippen molar-refractivity contribution in [2.45, 2.75) is 77.4 Å². The van der Waals surface area contributed by atoms with E-state index in [2.05, 4.69) is 22.9 Å². The number of ether oxygens (including phenoxy) is 1. The van der Waals surface area contributed by atoms with Crippen LogP contribution in [0.5, 0.6) is 5.75 Å². The standard InChI is InChI=1S/C32H46N4O4/c1-5-13-27-31(38)35-26(22-24-14-8-7-9-15-24)30(37)34-19-12-17-25-16-10-11-18-28(25)40-21-20-33-29(23(3)6-2)32(39)36(27)4/h7-11,14-16,18,23,26-27,29,33H,5-6,12-13,17,19-22H2,1-4H3,(H,34,37)(H,35,38)/t23-,26+,27-,29-/m0/s1. The minimum Gasteiger partial charge on any atom is -0.492 e. The normalized spacial score (nSPS) is 22.6. The number of amides is 3. The Balaban J connectivity index is 1.90. The Kier molecular flexibility index (Phi) is 12.5. The molecule has 0 spiro atoms. The minimum atomic E-state index is -0.754. The first-order chi connectivity index (χ1) is 19.3. The molecule has 2 aromatic rings. The fraction of sp³-hybridized carbons (Fsp3) is 0.531. The van der Waals surface area contributed by atoms with Gasteiger partial charge in [-0.15, -0.1) is 0 Å². The molecule has 2 aromatic carbocycles. The lowest BCUT2D eigenvalue weighted by molar-refractivity contribution is -0.142. The molecule has 0 saturated heterocycles. The third kappa shape index (κ3) is 8.81. The van der Waals surface area contributed by atoms with Gasteiger partial charge >= 0.3 is 0 Å². The van der Waals surface area contributed by atoms with Crippen LogP contribution >= 0.6 is 0 Å². The highest BCUT2D eigenvalue weighted by molar-refractivity contribution is 5.93. The number of fused-ring (bicyclic) bond motifs is 1.